The van der Waals surface area contributed by atoms with Crippen LogP contribution in [0.4, 0.5) is 0 Å². The van der Waals surface area contributed by atoms with Gasteiger partial charge in [-0.1, -0.05) is 68.5 Å². The first-order chi connectivity index (χ1) is 18.6. The summed E-state index contributed by atoms with van der Waals surface area (Å²) in [5.41, 5.74) is 6.64. The summed E-state index contributed by atoms with van der Waals surface area (Å²) in [7, 11) is -3.35. The van der Waals surface area contributed by atoms with Crippen LogP contribution < -0.4 is 4.72 Å². The standard InChI is InChI=1S/C33H50N2O3S/c1-7-10-13-27(5)32(16-12-25-36)33(15-11-14-30(8-2)34-39(6,37)38)29-19-17-28(18-20-29)26(4)23-24-35(9-3)31-21-22-31/h7-8,10-11,13-14,17-20,26,31,34,36H,9,12,15-16,21-25H2,1-6H3/b10-7-,14-11-,27-13+,30-8+,33-32-. The smallest absolute Gasteiger partial charge is 0.229 e. The van der Waals surface area contributed by atoms with Crippen molar-refractivity contribution in [2.45, 2.75) is 85.1 Å². The summed E-state index contributed by atoms with van der Waals surface area (Å²) in [5.74, 6) is 0.490. The maximum atomic E-state index is 11.7. The zero-order chi connectivity index (χ0) is 28.8. The Morgan fingerprint density at radius 2 is 1.90 bits per heavy atom. The molecule has 5 nitrogen and oxygen atoms in total. The van der Waals surface area contributed by atoms with Crippen molar-refractivity contribution >= 4 is 15.6 Å². The summed E-state index contributed by atoms with van der Waals surface area (Å²) in [6, 6.07) is 9.77. The normalized spacial score (nSPS) is 16.8. The first kappa shape index (κ1) is 32.8. The number of benzene rings is 1. The molecule has 1 aromatic carbocycles. The molecule has 0 aromatic heterocycles. The van der Waals surface area contributed by atoms with Crippen LogP contribution in [-0.4, -0.2) is 50.4 Å². The number of aliphatic hydroxyl groups is 1. The van der Waals surface area contributed by atoms with Gasteiger partial charge in [-0.05, 0) is 112 Å². The third-order valence-corrected chi connectivity index (χ3v) is 7.95. The van der Waals surface area contributed by atoms with Gasteiger partial charge >= 0.3 is 0 Å². The first-order valence-corrected chi connectivity index (χ1v) is 16.3. The van der Waals surface area contributed by atoms with Gasteiger partial charge < -0.3 is 10.0 Å². The highest BCUT2D eigenvalue weighted by Gasteiger charge is 2.27. The molecule has 1 fully saturated rings. The monoisotopic (exact) mass is 554 g/mol. The van der Waals surface area contributed by atoms with E-state index in [4.69, 9.17) is 0 Å². The highest BCUT2D eigenvalue weighted by molar-refractivity contribution is 7.88. The van der Waals surface area contributed by atoms with Crippen molar-refractivity contribution in [2.75, 3.05) is 26.0 Å². The van der Waals surface area contributed by atoms with E-state index in [1.165, 1.54) is 35.1 Å². The minimum atomic E-state index is -3.35. The third kappa shape index (κ3) is 11.7. The van der Waals surface area contributed by atoms with Crippen molar-refractivity contribution in [2.24, 2.45) is 0 Å². The lowest BCUT2D eigenvalue weighted by Crippen LogP contribution is -2.27. The van der Waals surface area contributed by atoms with Crippen LogP contribution in [0.3, 0.4) is 0 Å². The van der Waals surface area contributed by atoms with E-state index in [0.717, 1.165) is 43.8 Å². The summed E-state index contributed by atoms with van der Waals surface area (Å²) in [6.07, 6.45) is 18.9. The van der Waals surface area contributed by atoms with Crippen molar-refractivity contribution in [3.63, 3.8) is 0 Å². The molecule has 0 saturated heterocycles. The van der Waals surface area contributed by atoms with Crippen molar-refractivity contribution in [1.82, 2.24) is 9.62 Å². The molecule has 6 heteroatoms. The fourth-order valence-corrected chi connectivity index (χ4v) is 5.50. The second-order valence-electron chi connectivity index (χ2n) is 10.6. The molecule has 1 aliphatic carbocycles. The van der Waals surface area contributed by atoms with E-state index in [1.807, 2.05) is 38.2 Å². The van der Waals surface area contributed by atoms with Gasteiger partial charge in [0.05, 0.1) is 6.26 Å². The molecular formula is C33H50N2O3S. The van der Waals surface area contributed by atoms with Gasteiger partial charge in [-0.25, -0.2) is 8.42 Å². The molecule has 0 heterocycles. The molecule has 39 heavy (non-hydrogen) atoms. The van der Waals surface area contributed by atoms with Gasteiger partial charge in [0.25, 0.3) is 0 Å². The summed E-state index contributed by atoms with van der Waals surface area (Å²) in [6.45, 7) is 12.9. The van der Waals surface area contributed by atoms with Crippen LogP contribution in [0.25, 0.3) is 5.57 Å². The van der Waals surface area contributed by atoms with Crippen molar-refractivity contribution < 1.29 is 13.5 Å². The van der Waals surface area contributed by atoms with Crippen LogP contribution in [0.1, 0.15) is 90.2 Å². The highest BCUT2D eigenvalue weighted by atomic mass is 32.2. The largest absolute Gasteiger partial charge is 0.396 e. The average Bonchev–Trinajstić information content (AvgIpc) is 3.75. The first-order valence-electron chi connectivity index (χ1n) is 14.4. The zero-order valence-electron chi connectivity index (χ0n) is 24.9. The lowest BCUT2D eigenvalue weighted by molar-refractivity contribution is 0.268. The van der Waals surface area contributed by atoms with Crippen molar-refractivity contribution in [3.05, 3.63) is 88.7 Å². The van der Waals surface area contributed by atoms with Crippen LogP contribution in [-0.2, 0) is 10.0 Å². The lowest BCUT2D eigenvalue weighted by Gasteiger charge is -2.22. The minimum absolute atomic E-state index is 0.136. The van der Waals surface area contributed by atoms with Crippen LogP contribution in [0, 0.1) is 0 Å². The molecular weight excluding hydrogens is 504 g/mol. The van der Waals surface area contributed by atoms with Crippen LogP contribution in [0.5, 0.6) is 0 Å². The van der Waals surface area contributed by atoms with Gasteiger partial charge in [0.1, 0.15) is 0 Å². The Labute approximate surface area is 238 Å². The molecule has 216 valence electrons. The predicted molar refractivity (Wildman–Crippen MR) is 167 cm³/mol. The lowest BCUT2D eigenvalue weighted by atomic mass is 9.88. The molecule has 0 aliphatic heterocycles. The summed E-state index contributed by atoms with van der Waals surface area (Å²) in [4.78, 5) is 2.61. The molecule has 2 N–H and O–H groups in total. The van der Waals surface area contributed by atoms with Gasteiger partial charge in [0.15, 0.2) is 0 Å². The van der Waals surface area contributed by atoms with Gasteiger partial charge in [-0.2, -0.15) is 0 Å². The molecule has 1 saturated carbocycles. The second kappa shape index (κ2) is 16.6. The predicted octanol–water partition coefficient (Wildman–Crippen LogP) is 7.11. The molecule has 1 aromatic rings. The number of hydrogen-bond donors (Lipinski definition) is 2. The van der Waals surface area contributed by atoms with E-state index < -0.39 is 10.0 Å². The Bertz CT molecular complexity index is 1150. The van der Waals surface area contributed by atoms with E-state index in [1.54, 1.807) is 6.08 Å². The molecule has 2 rings (SSSR count). The maximum Gasteiger partial charge on any atom is 0.229 e. The maximum absolute atomic E-state index is 11.7. The molecule has 1 unspecified atom stereocenters. The Balaban J connectivity index is 2.38. The number of sulfonamides is 1. The third-order valence-electron chi connectivity index (χ3n) is 7.34. The fraction of sp³-hybridized carbons (Fsp3) is 0.515. The van der Waals surface area contributed by atoms with E-state index in [2.05, 4.69) is 60.7 Å². The van der Waals surface area contributed by atoms with Gasteiger partial charge in [0.2, 0.25) is 10.0 Å². The number of hydrogen-bond acceptors (Lipinski definition) is 4. The van der Waals surface area contributed by atoms with E-state index >= 15 is 0 Å². The second-order valence-corrected chi connectivity index (χ2v) is 12.3. The number of nitrogens with zero attached hydrogens (tertiary/aromatic N) is 1. The Kier molecular flexibility index (Phi) is 14.0. The van der Waals surface area contributed by atoms with Crippen LogP contribution in [0.2, 0.25) is 0 Å². The van der Waals surface area contributed by atoms with Gasteiger partial charge in [0, 0.05) is 18.3 Å². The average molecular weight is 555 g/mol. The number of rotatable bonds is 17. The van der Waals surface area contributed by atoms with Crippen LogP contribution >= 0.6 is 0 Å². The molecule has 0 amide bonds. The summed E-state index contributed by atoms with van der Waals surface area (Å²) in [5, 5.41) is 9.61. The molecule has 0 spiro atoms. The van der Waals surface area contributed by atoms with Gasteiger partial charge in [-0.15, -0.1) is 0 Å². The van der Waals surface area contributed by atoms with E-state index in [0.29, 0.717) is 24.5 Å². The Morgan fingerprint density at radius 3 is 2.44 bits per heavy atom. The minimum Gasteiger partial charge on any atom is -0.396 e. The topological polar surface area (TPSA) is 69.6 Å². The Hall–Kier alpha value is -2.41. The molecule has 0 bridgehead atoms. The molecule has 1 aliphatic rings. The number of allylic oxidation sites excluding steroid dienone is 9. The molecule has 0 radical (unpaired) electrons. The quantitative estimate of drug-likeness (QED) is 0.201. The Morgan fingerprint density at radius 1 is 1.21 bits per heavy atom. The number of nitrogens with one attached hydrogen (secondary N) is 1. The summed E-state index contributed by atoms with van der Waals surface area (Å²) >= 11 is 0. The fourth-order valence-electron chi connectivity index (χ4n) is 4.88. The number of aliphatic hydroxyl groups excluding tert-OH is 1. The van der Waals surface area contributed by atoms with E-state index in [9.17, 15) is 13.5 Å². The summed E-state index contributed by atoms with van der Waals surface area (Å²) < 4.78 is 26.0. The van der Waals surface area contributed by atoms with Gasteiger partial charge in [-0.3, -0.25) is 4.72 Å². The van der Waals surface area contributed by atoms with E-state index in [-0.39, 0.29) is 6.61 Å². The SMILES string of the molecule is C\C=C/C=C(C)/C(CCCO)=C(/C/C=C\C(=C/C)NS(C)(=O)=O)c1ccc(C(C)CCN(CC)C2CC2)cc1. The van der Waals surface area contributed by atoms with Crippen molar-refractivity contribution in [3.8, 4) is 0 Å². The highest BCUT2D eigenvalue weighted by Crippen LogP contribution is 2.33. The molecule has 1 atom stereocenters. The zero-order valence-corrected chi connectivity index (χ0v) is 25.7. The van der Waals surface area contributed by atoms with Crippen LogP contribution in [0.15, 0.2) is 77.6 Å². The van der Waals surface area contributed by atoms with Crippen molar-refractivity contribution in [1.29, 1.82) is 0 Å².